The van der Waals surface area contributed by atoms with Gasteiger partial charge in [0.25, 0.3) is 0 Å². The number of unbranched alkanes of at least 4 members (excludes halogenated alkanes) is 34. The first-order valence-electron chi connectivity index (χ1n) is 34.8. The van der Waals surface area contributed by atoms with Gasteiger partial charge >= 0.3 is 35.8 Å². The summed E-state index contributed by atoms with van der Waals surface area (Å²) in [7, 11) is 0. The molecule has 0 aromatic heterocycles. The molecule has 0 aromatic carbocycles. The zero-order valence-corrected chi connectivity index (χ0v) is 54.7. The molecule has 19 heteroatoms. The highest BCUT2D eigenvalue weighted by Crippen LogP contribution is 2.28. The molecule has 9 atom stereocenters. The van der Waals surface area contributed by atoms with Crippen molar-refractivity contribution in [2.24, 2.45) is 0 Å². The number of carboxylic acid groups (broad SMARTS) is 2. The summed E-state index contributed by atoms with van der Waals surface area (Å²) in [5.74, 6) is -7.53. The Hall–Kier alpha value is -3.91. The molecular weight excluding hydrogens is 1120 g/mol. The molecule has 1 amide bonds. The molecule has 1 aliphatic heterocycles. The standard InChI is InChI=1S/C68H123NO18/c1-5-9-13-17-21-25-26-30-34-38-42-46-61(77)84-55(45-41-37-33-29-24-20-16-12-8-4)49-63(79)85-56(50-59(73)74)67(81)82-51-57-65(80)66(87-62(78)48-54(71)44-40-36-32-28-23-19-15-11-7-3)64(68(86-57)83-52-60(75)76)69-58(72)47-53(70)43-39-35-31-27-22-18-14-10-6-2/h53-57,64-66,68,70-71,80H,5-52H2,1-4H3,(H,69,72)(H,73,74)(H,75,76)/t53-,54-,55-,56-,57-,64-,65-,66-,68+/m1/s1. The third-order valence-corrected chi connectivity index (χ3v) is 16.3. The van der Waals surface area contributed by atoms with Crippen LogP contribution in [0, 0.1) is 0 Å². The smallest absolute Gasteiger partial charge is 0.348 e. The van der Waals surface area contributed by atoms with Gasteiger partial charge in [-0.3, -0.25) is 24.0 Å². The SMILES string of the molecule is CCCCCCCCCCCCCC(=O)O[C@H](CCCCCCCCCCC)CC(=O)O[C@H](CC(=O)O)C(=O)OC[C@H]1O[C@H](OCC(=O)O)[C@H](NC(=O)C[C@H](O)CCCCCCCCCCC)[C@@H](OC(=O)C[C@H](O)CCCCCCCCCCC)[C@@H]1O. The Morgan fingerprint density at radius 1 is 0.460 bits per heavy atom. The molecule has 87 heavy (non-hydrogen) atoms. The van der Waals surface area contributed by atoms with Crippen LogP contribution in [0.4, 0.5) is 0 Å². The molecule has 0 radical (unpaired) electrons. The zero-order chi connectivity index (χ0) is 64.1. The van der Waals surface area contributed by atoms with Gasteiger partial charge in [0.2, 0.25) is 12.0 Å². The quantitative estimate of drug-likeness (QED) is 0.0187. The van der Waals surface area contributed by atoms with Crippen molar-refractivity contribution in [2.75, 3.05) is 13.2 Å². The van der Waals surface area contributed by atoms with Crippen molar-refractivity contribution in [3.05, 3.63) is 0 Å². The van der Waals surface area contributed by atoms with Gasteiger partial charge < -0.3 is 59.3 Å². The molecule has 0 aromatic rings. The molecule has 1 heterocycles. The minimum Gasteiger partial charge on any atom is -0.481 e. The van der Waals surface area contributed by atoms with Gasteiger partial charge in [-0.25, -0.2) is 9.59 Å². The number of aliphatic hydroxyl groups excluding tert-OH is 3. The number of hydrogen-bond donors (Lipinski definition) is 6. The number of aliphatic carboxylic acids is 2. The van der Waals surface area contributed by atoms with E-state index in [9.17, 15) is 59.1 Å². The number of esters is 4. The first kappa shape index (κ1) is 81.1. The van der Waals surface area contributed by atoms with Crippen molar-refractivity contribution in [3.63, 3.8) is 0 Å². The Balaban J connectivity index is 3.23. The van der Waals surface area contributed by atoms with Crippen LogP contribution in [0.25, 0.3) is 0 Å². The van der Waals surface area contributed by atoms with E-state index in [0.717, 1.165) is 109 Å². The number of carboxylic acids is 2. The minimum atomic E-state index is -2.01. The van der Waals surface area contributed by atoms with Crippen LogP contribution in [0.2, 0.25) is 0 Å². The lowest BCUT2D eigenvalue weighted by molar-refractivity contribution is -0.275. The van der Waals surface area contributed by atoms with Crippen LogP contribution in [0.3, 0.4) is 0 Å². The fourth-order valence-electron chi connectivity index (χ4n) is 11.1. The number of nitrogens with one attached hydrogen (secondary N) is 1. The Morgan fingerprint density at radius 2 is 0.874 bits per heavy atom. The largest absolute Gasteiger partial charge is 0.481 e. The van der Waals surface area contributed by atoms with Crippen molar-refractivity contribution in [3.8, 4) is 0 Å². The number of amides is 1. The maximum Gasteiger partial charge on any atom is 0.348 e. The van der Waals surface area contributed by atoms with Gasteiger partial charge in [-0.15, -0.1) is 0 Å². The maximum atomic E-state index is 13.7. The van der Waals surface area contributed by atoms with Gasteiger partial charge in [0, 0.05) is 6.42 Å². The number of rotatable bonds is 60. The van der Waals surface area contributed by atoms with E-state index >= 15 is 0 Å². The molecule has 19 nitrogen and oxygen atoms in total. The van der Waals surface area contributed by atoms with E-state index < -0.39 is 136 Å². The van der Waals surface area contributed by atoms with Crippen LogP contribution in [-0.2, 0) is 62.0 Å². The van der Waals surface area contributed by atoms with Crippen LogP contribution in [-0.4, -0.2) is 136 Å². The van der Waals surface area contributed by atoms with E-state index in [1.54, 1.807) is 0 Å². The molecule has 0 unspecified atom stereocenters. The normalized spacial score (nSPS) is 18.1. The van der Waals surface area contributed by atoms with Crippen LogP contribution in [0.15, 0.2) is 0 Å². The molecule has 0 spiro atoms. The highest BCUT2D eigenvalue weighted by Gasteiger charge is 2.50. The Labute approximate surface area is 524 Å². The maximum absolute atomic E-state index is 13.7. The highest BCUT2D eigenvalue weighted by molar-refractivity contribution is 5.84. The number of hydrogen-bond acceptors (Lipinski definition) is 16. The average molecular weight is 1240 g/mol. The molecule has 1 aliphatic rings. The Morgan fingerprint density at radius 3 is 1.31 bits per heavy atom. The van der Waals surface area contributed by atoms with Crippen LogP contribution in [0.1, 0.15) is 323 Å². The van der Waals surface area contributed by atoms with E-state index in [0.29, 0.717) is 38.5 Å². The summed E-state index contributed by atoms with van der Waals surface area (Å²) in [5, 5.41) is 55.7. The molecular formula is C68H123NO18. The Kier molecular flexibility index (Phi) is 51.2. The predicted molar refractivity (Wildman–Crippen MR) is 336 cm³/mol. The summed E-state index contributed by atoms with van der Waals surface area (Å²) in [6.45, 7) is 6.83. The van der Waals surface area contributed by atoms with E-state index in [1.807, 2.05) is 0 Å². The molecule has 1 saturated heterocycles. The molecule has 1 rings (SSSR count). The summed E-state index contributed by atoms with van der Waals surface area (Å²) in [4.78, 5) is 91.7. The highest BCUT2D eigenvalue weighted by atomic mass is 16.7. The molecule has 6 N–H and O–H groups in total. The fourth-order valence-corrected chi connectivity index (χ4v) is 11.1. The second-order valence-corrected chi connectivity index (χ2v) is 24.7. The fraction of sp³-hybridized carbons (Fsp3) is 0.897. The predicted octanol–water partition coefficient (Wildman–Crippen LogP) is 13.8. The zero-order valence-electron chi connectivity index (χ0n) is 54.7. The van der Waals surface area contributed by atoms with Gasteiger partial charge in [-0.1, -0.05) is 259 Å². The van der Waals surface area contributed by atoms with Crippen LogP contribution >= 0.6 is 0 Å². The lowest BCUT2D eigenvalue weighted by atomic mass is 9.95. The molecule has 0 aliphatic carbocycles. The van der Waals surface area contributed by atoms with E-state index in [-0.39, 0.29) is 12.8 Å². The van der Waals surface area contributed by atoms with Crippen molar-refractivity contribution >= 4 is 41.7 Å². The number of carbonyl (C=O) groups is 7. The van der Waals surface area contributed by atoms with Crippen molar-refractivity contribution in [2.45, 2.75) is 378 Å². The third kappa shape index (κ3) is 45.1. The van der Waals surface area contributed by atoms with Gasteiger partial charge in [-0.05, 0) is 32.1 Å². The summed E-state index contributed by atoms with van der Waals surface area (Å²) in [6, 6.07) is -1.59. The third-order valence-electron chi connectivity index (χ3n) is 16.3. The lowest BCUT2D eigenvalue weighted by Crippen LogP contribution is -2.66. The first-order valence-corrected chi connectivity index (χ1v) is 34.8. The molecule has 508 valence electrons. The molecule has 0 bridgehead atoms. The average Bonchev–Trinajstić information content (AvgIpc) is 2.19. The summed E-state index contributed by atoms with van der Waals surface area (Å²) < 4.78 is 34.0. The monoisotopic (exact) mass is 1240 g/mol. The number of ether oxygens (including phenoxy) is 6. The number of aliphatic hydroxyl groups is 3. The van der Waals surface area contributed by atoms with Crippen LogP contribution in [0.5, 0.6) is 0 Å². The van der Waals surface area contributed by atoms with Crippen molar-refractivity contribution < 1.29 is 87.5 Å². The van der Waals surface area contributed by atoms with Crippen LogP contribution < -0.4 is 5.32 Å². The van der Waals surface area contributed by atoms with Crippen molar-refractivity contribution in [1.82, 2.24) is 5.32 Å². The second kappa shape index (κ2) is 55.0. The van der Waals surface area contributed by atoms with E-state index in [2.05, 4.69) is 33.0 Å². The first-order chi connectivity index (χ1) is 42.0. The van der Waals surface area contributed by atoms with Gasteiger partial charge in [-0.2, -0.15) is 0 Å². The van der Waals surface area contributed by atoms with Gasteiger partial charge in [0.05, 0.1) is 37.9 Å². The minimum absolute atomic E-state index is 0.169. The summed E-state index contributed by atoms with van der Waals surface area (Å²) >= 11 is 0. The van der Waals surface area contributed by atoms with Gasteiger partial charge in [0.1, 0.15) is 37.6 Å². The summed E-state index contributed by atoms with van der Waals surface area (Å²) in [6.07, 6.45) is 27.1. The topological polar surface area (TPSA) is 288 Å². The Bertz CT molecular complexity index is 1770. The van der Waals surface area contributed by atoms with E-state index in [4.69, 9.17) is 28.4 Å². The number of carbonyl (C=O) groups excluding carboxylic acids is 5. The second-order valence-electron chi connectivity index (χ2n) is 24.7. The lowest BCUT2D eigenvalue weighted by Gasteiger charge is -2.44. The molecule has 0 saturated carbocycles. The summed E-state index contributed by atoms with van der Waals surface area (Å²) in [5.41, 5.74) is 0. The van der Waals surface area contributed by atoms with Gasteiger partial charge in [0.15, 0.2) is 12.4 Å². The van der Waals surface area contributed by atoms with E-state index in [1.165, 1.54) is 109 Å². The van der Waals surface area contributed by atoms with Crippen molar-refractivity contribution in [1.29, 1.82) is 0 Å². The molecule has 1 fully saturated rings.